The summed E-state index contributed by atoms with van der Waals surface area (Å²) in [4.78, 5) is 13.6. The maximum Gasteiger partial charge on any atom is 0.253 e. The van der Waals surface area contributed by atoms with Crippen LogP contribution in [0.2, 0.25) is 0 Å². The topological polar surface area (TPSA) is 41.6 Å². The van der Waals surface area contributed by atoms with Crippen molar-refractivity contribution in [2.45, 2.75) is 26.3 Å². The molecule has 0 saturated carbocycles. The van der Waals surface area contributed by atoms with Crippen molar-refractivity contribution < 1.29 is 9.53 Å². The highest BCUT2D eigenvalue weighted by Crippen LogP contribution is 2.22. The first-order chi connectivity index (χ1) is 9.49. The number of nitrogens with zero attached hydrogens (tertiary/aromatic N) is 1. The van der Waals surface area contributed by atoms with E-state index in [1.54, 1.807) is 19.0 Å². The van der Waals surface area contributed by atoms with Gasteiger partial charge < -0.3 is 15.0 Å². The number of anilines is 1. The van der Waals surface area contributed by atoms with Gasteiger partial charge in [-0.15, -0.1) is 0 Å². The Labute approximate surface area is 121 Å². The van der Waals surface area contributed by atoms with Crippen LogP contribution in [0.1, 0.15) is 29.3 Å². The van der Waals surface area contributed by atoms with E-state index in [1.807, 2.05) is 25.1 Å². The van der Waals surface area contributed by atoms with Gasteiger partial charge in [0.15, 0.2) is 0 Å². The third-order valence-corrected chi connectivity index (χ3v) is 3.93. The second kappa shape index (κ2) is 6.27. The molecule has 1 N–H and O–H groups in total. The van der Waals surface area contributed by atoms with Crippen molar-refractivity contribution in [3.8, 4) is 0 Å². The average molecular weight is 276 g/mol. The Balaban J connectivity index is 2.06. The minimum absolute atomic E-state index is 0.0475. The van der Waals surface area contributed by atoms with Crippen molar-refractivity contribution in [2.75, 3.05) is 32.6 Å². The summed E-state index contributed by atoms with van der Waals surface area (Å²) in [6.07, 6.45) is 1.12. The monoisotopic (exact) mass is 276 g/mol. The molecule has 1 amide bonds. The van der Waals surface area contributed by atoms with Gasteiger partial charge in [-0.2, -0.15) is 0 Å². The van der Waals surface area contributed by atoms with E-state index in [0.717, 1.165) is 36.4 Å². The SMILES string of the molecule is Cc1cc(N[C@H](C)[C@@H]2CCOC2)ccc1C(=O)N(C)C. The van der Waals surface area contributed by atoms with Crippen LogP contribution in [0.4, 0.5) is 5.69 Å². The summed E-state index contributed by atoms with van der Waals surface area (Å²) in [7, 11) is 3.55. The van der Waals surface area contributed by atoms with Crippen molar-refractivity contribution in [3.63, 3.8) is 0 Å². The lowest BCUT2D eigenvalue weighted by molar-refractivity contribution is 0.0827. The number of hydrogen-bond donors (Lipinski definition) is 1. The molecule has 1 aliphatic heterocycles. The normalized spacial score (nSPS) is 19.7. The van der Waals surface area contributed by atoms with E-state index in [1.165, 1.54) is 0 Å². The van der Waals surface area contributed by atoms with Crippen LogP contribution in [-0.2, 0) is 4.74 Å². The Kier molecular flexibility index (Phi) is 4.65. The Morgan fingerprint density at radius 1 is 1.45 bits per heavy atom. The molecule has 1 fully saturated rings. The van der Waals surface area contributed by atoms with Crippen LogP contribution in [0, 0.1) is 12.8 Å². The second-order valence-corrected chi connectivity index (χ2v) is 5.79. The van der Waals surface area contributed by atoms with Crippen LogP contribution in [-0.4, -0.2) is 44.2 Å². The molecule has 4 heteroatoms. The molecule has 0 aliphatic carbocycles. The number of carbonyl (C=O) groups excluding carboxylic acids is 1. The van der Waals surface area contributed by atoms with Gasteiger partial charge in [0.05, 0.1) is 6.61 Å². The molecule has 1 aromatic carbocycles. The fourth-order valence-corrected chi connectivity index (χ4v) is 2.56. The molecule has 0 aromatic heterocycles. The van der Waals surface area contributed by atoms with Gasteiger partial charge in [-0.3, -0.25) is 4.79 Å². The molecule has 0 bridgehead atoms. The van der Waals surface area contributed by atoms with Gasteiger partial charge in [0, 0.05) is 43.9 Å². The third kappa shape index (κ3) is 3.31. The van der Waals surface area contributed by atoms with Gasteiger partial charge in [0.1, 0.15) is 0 Å². The van der Waals surface area contributed by atoms with E-state index in [2.05, 4.69) is 12.2 Å². The highest BCUT2D eigenvalue weighted by atomic mass is 16.5. The Morgan fingerprint density at radius 3 is 2.75 bits per heavy atom. The molecule has 0 radical (unpaired) electrons. The average Bonchev–Trinajstić information content (AvgIpc) is 2.92. The standard InChI is InChI=1S/C16H24N2O2/c1-11-9-14(5-6-15(11)16(19)18(3)4)17-12(2)13-7-8-20-10-13/h5-6,9,12-13,17H,7-8,10H2,1-4H3/t12-,13-/m1/s1. The minimum Gasteiger partial charge on any atom is -0.382 e. The highest BCUT2D eigenvalue weighted by molar-refractivity contribution is 5.95. The van der Waals surface area contributed by atoms with Crippen LogP contribution < -0.4 is 5.32 Å². The lowest BCUT2D eigenvalue weighted by Gasteiger charge is -2.21. The largest absolute Gasteiger partial charge is 0.382 e. The first-order valence-electron chi connectivity index (χ1n) is 7.15. The molecular formula is C16H24N2O2. The maximum absolute atomic E-state index is 12.0. The fraction of sp³-hybridized carbons (Fsp3) is 0.562. The lowest BCUT2D eigenvalue weighted by atomic mass is 10.00. The van der Waals surface area contributed by atoms with Crippen LogP contribution in [0.15, 0.2) is 18.2 Å². The van der Waals surface area contributed by atoms with Crippen LogP contribution in [0.3, 0.4) is 0 Å². The summed E-state index contributed by atoms with van der Waals surface area (Å²) in [5.74, 6) is 0.615. The van der Waals surface area contributed by atoms with Crippen LogP contribution in [0.5, 0.6) is 0 Å². The van der Waals surface area contributed by atoms with Gasteiger partial charge in [-0.25, -0.2) is 0 Å². The number of carbonyl (C=O) groups is 1. The van der Waals surface area contributed by atoms with Crippen molar-refractivity contribution >= 4 is 11.6 Å². The van der Waals surface area contributed by atoms with E-state index in [9.17, 15) is 4.79 Å². The van der Waals surface area contributed by atoms with Gasteiger partial charge >= 0.3 is 0 Å². The molecule has 2 atom stereocenters. The zero-order chi connectivity index (χ0) is 14.7. The minimum atomic E-state index is 0.0475. The predicted octanol–water partition coefficient (Wildman–Crippen LogP) is 2.53. The first kappa shape index (κ1) is 14.9. The molecular weight excluding hydrogens is 252 g/mol. The van der Waals surface area contributed by atoms with E-state index in [-0.39, 0.29) is 5.91 Å². The molecule has 1 aromatic rings. The predicted molar refractivity (Wildman–Crippen MR) is 81.2 cm³/mol. The van der Waals surface area contributed by atoms with Crippen LogP contribution >= 0.6 is 0 Å². The second-order valence-electron chi connectivity index (χ2n) is 5.79. The smallest absolute Gasteiger partial charge is 0.253 e. The molecule has 1 aliphatic rings. The molecule has 20 heavy (non-hydrogen) atoms. The summed E-state index contributed by atoms with van der Waals surface area (Å²) in [5.41, 5.74) is 2.83. The molecule has 1 saturated heterocycles. The van der Waals surface area contributed by atoms with Crippen molar-refractivity contribution in [1.29, 1.82) is 0 Å². The lowest BCUT2D eigenvalue weighted by Crippen LogP contribution is -2.26. The first-order valence-corrected chi connectivity index (χ1v) is 7.15. The number of rotatable bonds is 4. The van der Waals surface area contributed by atoms with E-state index in [4.69, 9.17) is 4.74 Å². The summed E-state index contributed by atoms with van der Waals surface area (Å²) in [6, 6.07) is 6.31. The van der Waals surface area contributed by atoms with E-state index in [0.29, 0.717) is 12.0 Å². The molecule has 0 unspecified atom stereocenters. The summed E-state index contributed by atoms with van der Waals surface area (Å²) < 4.78 is 5.43. The van der Waals surface area contributed by atoms with E-state index >= 15 is 0 Å². The third-order valence-electron chi connectivity index (χ3n) is 3.93. The highest BCUT2D eigenvalue weighted by Gasteiger charge is 2.22. The number of benzene rings is 1. The number of hydrogen-bond acceptors (Lipinski definition) is 3. The number of ether oxygens (including phenoxy) is 1. The molecule has 2 rings (SSSR count). The summed E-state index contributed by atoms with van der Waals surface area (Å²) in [5, 5.41) is 3.52. The van der Waals surface area contributed by atoms with Gasteiger partial charge in [0.2, 0.25) is 0 Å². The Morgan fingerprint density at radius 2 is 2.20 bits per heavy atom. The Bertz CT molecular complexity index is 479. The zero-order valence-corrected chi connectivity index (χ0v) is 12.8. The van der Waals surface area contributed by atoms with Crippen molar-refractivity contribution in [3.05, 3.63) is 29.3 Å². The van der Waals surface area contributed by atoms with Crippen molar-refractivity contribution in [2.24, 2.45) is 5.92 Å². The molecule has 4 nitrogen and oxygen atoms in total. The molecule has 1 heterocycles. The molecule has 110 valence electrons. The summed E-state index contributed by atoms with van der Waals surface area (Å²) >= 11 is 0. The van der Waals surface area contributed by atoms with Gasteiger partial charge in [0.25, 0.3) is 5.91 Å². The maximum atomic E-state index is 12.0. The van der Waals surface area contributed by atoms with Gasteiger partial charge in [-0.1, -0.05) is 0 Å². The number of aryl methyl sites for hydroxylation is 1. The molecule has 0 spiro atoms. The van der Waals surface area contributed by atoms with Gasteiger partial charge in [-0.05, 0) is 44.0 Å². The Hall–Kier alpha value is -1.55. The zero-order valence-electron chi connectivity index (χ0n) is 12.8. The van der Waals surface area contributed by atoms with Crippen molar-refractivity contribution in [1.82, 2.24) is 4.90 Å². The fourth-order valence-electron chi connectivity index (χ4n) is 2.56. The van der Waals surface area contributed by atoms with E-state index < -0.39 is 0 Å². The number of amides is 1. The quantitative estimate of drug-likeness (QED) is 0.919. The number of nitrogens with one attached hydrogen (secondary N) is 1. The van der Waals surface area contributed by atoms with Crippen LogP contribution in [0.25, 0.3) is 0 Å². The summed E-state index contributed by atoms with van der Waals surface area (Å²) in [6.45, 7) is 5.87.